The number of halogens is 2. The van der Waals surface area contributed by atoms with Gasteiger partial charge in [0.1, 0.15) is 5.69 Å². The molecule has 0 amide bonds. The van der Waals surface area contributed by atoms with Gasteiger partial charge in [-0.1, -0.05) is 0 Å². The Labute approximate surface area is 96.4 Å². The van der Waals surface area contributed by atoms with Gasteiger partial charge in [-0.05, 0) is 44.6 Å². The monoisotopic (exact) mass is 350 g/mol. The summed E-state index contributed by atoms with van der Waals surface area (Å²) in [5.41, 5.74) is 1.38. The molecule has 0 fully saturated rings. The minimum absolute atomic E-state index is 0.564. The van der Waals surface area contributed by atoms with Crippen LogP contribution >= 0.6 is 38.5 Å². The van der Waals surface area contributed by atoms with Crippen molar-refractivity contribution in [1.29, 1.82) is 0 Å². The van der Waals surface area contributed by atoms with E-state index >= 15 is 0 Å². The molecule has 0 unspecified atom stereocenters. The number of carbonyl (C=O) groups excluding carboxylic acids is 1. The number of aldehydes is 1. The Hall–Kier alpha value is -0.430. The normalized spacial score (nSPS) is 10.6. The first-order valence-corrected chi connectivity index (χ1v) is 5.37. The Bertz CT molecular complexity index is 480. The largest absolute Gasteiger partial charge is 0.296 e. The van der Waals surface area contributed by atoms with Crippen molar-refractivity contribution in [3.8, 4) is 0 Å². The summed E-state index contributed by atoms with van der Waals surface area (Å²) in [4.78, 5) is 14.8. The van der Waals surface area contributed by atoms with Crippen LogP contribution in [-0.4, -0.2) is 15.7 Å². The fourth-order valence-corrected chi connectivity index (χ4v) is 2.72. The summed E-state index contributed by atoms with van der Waals surface area (Å²) in [5.74, 6) is 0. The van der Waals surface area contributed by atoms with Crippen molar-refractivity contribution in [3.05, 3.63) is 32.2 Å². The van der Waals surface area contributed by atoms with Gasteiger partial charge < -0.3 is 0 Å². The topological polar surface area (TPSA) is 34.4 Å². The van der Waals surface area contributed by atoms with Crippen LogP contribution < -0.4 is 0 Å². The molecule has 0 saturated carbocycles. The molecule has 2 heterocycles. The first-order chi connectivity index (χ1) is 6.22. The Morgan fingerprint density at radius 1 is 1.62 bits per heavy atom. The standard InChI is InChI=1S/C8H4BrIN2O/c9-5-1-7(10)8-11-2-6(4-13)12(8)3-5/h1-4H. The fourth-order valence-electron chi connectivity index (χ4n) is 1.12. The fraction of sp³-hybridized carbons (Fsp3) is 0. The molecule has 3 nitrogen and oxygen atoms in total. The van der Waals surface area contributed by atoms with Gasteiger partial charge >= 0.3 is 0 Å². The Balaban J connectivity index is 2.89. The molecule has 66 valence electrons. The van der Waals surface area contributed by atoms with Crippen molar-refractivity contribution in [2.24, 2.45) is 0 Å². The smallest absolute Gasteiger partial charge is 0.168 e. The number of nitrogens with zero attached hydrogens (tertiary/aromatic N) is 2. The molecule has 0 spiro atoms. The minimum Gasteiger partial charge on any atom is -0.296 e. The highest BCUT2D eigenvalue weighted by Gasteiger charge is 2.05. The highest BCUT2D eigenvalue weighted by molar-refractivity contribution is 14.1. The van der Waals surface area contributed by atoms with Crippen LogP contribution in [0, 0.1) is 3.57 Å². The van der Waals surface area contributed by atoms with E-state index in [-0.39, 0.29) is 0 Å². The van der Waals surface area contributed by atoms with Gasteiger partial charge in [0.15, 0.2) is 11.9 Å². The van der Waals surface area contributed by atoms with E-state index in [2.05, 4.69) is 43.5 Å². The lowest BCUT2D eigenvalue weighted by Crippen LogP contribution is -1.92. The average molecular weight is 351 g/mol. The highest BCUT2D eigenvalue weighted by Crippen LogP contribution is 2.19. The Morgan fingerprint density at radius 2 is 2.38 bits per heavy atom. The van der Waals surface area contributed by atoms with E-state index in [0.717, 1.165) is 20.0 Å². The second-order valence-electron chi connectivity index (χ2n) is 2.50. The van der Waals surface area contributed by atoms with Crippen LogP contribution in [0.25, 0.3) is 5.65 Å². The van der Waals surface area contributed by atoms with E-state index in [0.29, 0.717) is 5.69 Å². The highest BCUT2D eigenvalue weighted by atomic mass is 127. The van der Waals surface area contributed by atoms with E-state index in [1.165, 1.54) is 0 Å². The third-order valence-corrected chi connectivity index (χ3v) is 2.90. The molecule has 0 aliphatic rings. The number of rotatable bonds is 1. The van der Waals surface area contributed by atoms with Crippen molar-refractivity contribution < 1.29 is 4.79 Å². The molecule has 0 bridgehead atoms. The number of fused-ring (bicyclic) bond motifs is 1. The third kappa shape index (κ3) is 1.50. The first-order valence-electron chi connectivity index (χ1n) is 3.49. The van der Waals surface area contributed by atoms with Crippen LogP contribution in [0.4, 0.5) is 0 Å². The van der Waals surface area contributed by atoms with Crippen molar-refractivity contribution in [3.63, 3.8) is 0 Å². The minimum atomic E-state index is 0.564. The molecule has 0 atom stereocenters. The lowest BCUT2D eigenvalue weighted by Gasteiger charge is -1.98. The quantitative estimate of drug-likeness (QED) is 0.585. The summed E-state index contributed by atoms with van der Waals surface area (Å²) in [6.07, 6.45) is 4.19. The molecule has 0 aromatic carbocycles. The maximum absolute atomic E-state index is 10.6. The van der Waals surface area contributed by atoms with E-state index < -0.39 is 0 Å². The average Bonchev–Trinajstić information content (AvgIpc) is 2.47. The number of pyridine rings is 1. The number of imidazole rings is 1. The number of aromatic nitrogens is 2. The van der Waals surface area contributed by atoms with Crippen LogP contribution in [0.2, 0.25) is 0 Å². The molecule has 0 aliphatic carbocycles. The van der Waals surface area contributed by atoms with Gasteiger partial charge in [-0.25, -0.2) is 4.98 Å². The molecule has 5 heteroatoms. The predicted molar refractivity (Wildman–Crippen MR) is 61.0 cm³/mol. The first kappa shape index (κ1) is 9.14. The van der Waals surface area contributed by atoms with Gasteiger partial charge in [0, 0.05) is 10.7 Å². The van der Waals surface area contributed by atoms with Gasteiger partial charge in [0.25, 0.3) is 0 Å². The second-order valence-corrected chi connectivity index (χ2v) is 4.58. The van der Waals surface area contributed by atoms with E-state index in [9.17, 15) is 4.79 Å². The molecule has 0 radical (unpaired) electrons. The Kier molecular flexibility index (Phi) is 2.37. The lowest BCUT2D eigenvalue weighted by atomic mass is 10.4. The van der Waals surface area contributed by atoms with Gasteiger partial charge in [-0.3, -0.25) is 9.20 Å². The molecule has 2 aromatic heterocycles. The molecule has 0 N–H and O–H groups in total. The summed E-state index contributed by atoms with van der Waals surface area (Å²) in [6, 6.07) is 1.96. The molecule has 2 aromatic rings. The number of hydrogen-bond acceptors (Lipinski definition) is 2. The third-order valence-electron chi connectivity index (χ3n) is 1.68. The zero-order chi connectivity index (χ0) is 9.42. The van der Waals surface area contributed by atoms with Gasteiger partial charge in [-0.2, -0.15) is 0 Å². The van der Waals surface area contributed by atoms with E-state index in [1.807, 2.05) is 12.3 Å². The Morgan fingerprint density at radius 3 is 3.08 bits per heavy atom. The number of carbonyl (C=O) groups is 1. The summed E-state index contributed by atoms with van der Waals surface area (Å²) in [5, 5.41) is 0. The molecule has 13 heavy (non-hydrogen) atoms. The summed E-state index contributed by atoms with van der Waals surface area (Å²) >= 11 is 5.55. The predicted octanol–water partition coefficient (Wildman–Crippen LogP) is 2.51. The second kappa shape index (κ2) is 3.38. The molecular formula is C8H4BrIN2O. The van der Waals surface area contributed by atoms with E-state index in [4.69, 9.17) is 0 Å². The zero-order valence-electron chi connectivity index (χ0n) is 6.37. The van der Waals surface area contributed by atoms with Gasteiger partial charge in [0.05, 0.1) is 9.77 Å². The van der Waals surface area contributed by atoms with Gasteiger partial charge in [-0.15, -0.1) is 0 Å². The van der Waals surface area contributed by atoms with Gasteiger partial charge in [0.2, 0.25) is 0 Å². The maximum Gasteiger partial charge on any atom is 0.168 e. The van der Waals surface area contributed by atoms with Crippen LogP contribution in [0.1, 0.15) is 10.5 Å². The van der Waals surface area contributed by atoms with Crippen molar-refractivity contribution in [1.82, 2.24) is 9.38 Å². The summed E-state index contributed by atoms with van der Waals surface area (Å²) < 4.78 is 3.71. The maximum atomic E-state index is 10.6. The SMILES string of the molecule is O=Cc1cnc2c(I)cc(Br)cn12. The lowest BCUT2D eigenvalue weighted by molar-refractivity contribution is 0.111. The van der Waals surface area contributed by atoms with Crippen LogP contribution in [0.3, 0.4) is 0 Å². The molecular weight excluding hydrogens is 347 g/mol. The van der Waals surface area contributed by atoms with Crippen molar-refractivity contribution in [2.45, 2.75) is 0 Å². The van der Waals surface area contributed by atoms with E-state index in [1.54, 1.807) is 10.6 Å². The molecule has 2 rings (SSSR count). The zero-order valence-corrected chi connectivity index (χ0v) is 10.1. The van der Waals surface area contributed by atoms with Crippen molar-refractivity contribution in [2.75, 3.05) is 0 Å². The summed E-state index contributed by atoms with van der Waals surface area (Å²) in [6.45, 7) is 0. The molecule has 0 saturated heterocycles. The summed E-state index contributed by atoms with van der Waals surface area (Å²) in [7, 11) is 0. The molecule has 0 aliphatic heterocycles. The van der Waals surface area contributed by atoms with Crippen molar-refractivity contribution >= 4 is 50.5 Å². The van der Waals surface area contributed by atoms with Crippen LogP contribution in [0.15, 0.2) is 22.9 Å². The number of hydrogen-bond donors (Lipinski definition) is 0. The van der Waals surface area contributed by atoms with Crippen LogP contribution in [-0.2, 0) is 0 Å². The van der Waals surface area contributed by atoms with Crippen LogP contribution in [0.5, 0.6) is 0 Å².